The molecule has 0 radical (unpaired) electrons. The average molecular weight is 328 g/mol. The monoisotopic (exact) mass is 328 g/mol. The van der Waals surface area contributed by atoms with E-state index in [9.17, 15) is 24.3 Å². The van der Waals surface area contributed by atoms with Crippen molar-refractivity contribution in [3.63, 3.8) is 0 Å². The number of hydrogen-bond donors (Lipinski definition) is 3. The Balaban J connectivity index is 2.37. The number of Topliss-reactive ketones (excluding diaryl/α,β-unsaturated/α-hetero) is 2. The van der Waals surface area contributed by atoms with E-state index in [1.165, 1.54) is 0 Å². The number of aliphatic hydroxyl groups excluding tert-OH is 1. The van der Waals surface area contributed by atoms with E-state index >= 15 is 0 Å². The molecule has 3 N–H and O–H groups in total. The third-order valence-electron chi connectivity index (χ3n) is 4.36. The van der Waals surface area contributed by atoms with Gasteiger partial charge in [0.05, 0.1) is 6.10 Å². The molecule has 0 spiro atoms. The zero-order chi connectivity index (χ0) is 17.4. The van der Waals surface area contributed by atoms with Crippen molar-refractivity contribution >= 4 is 23.5 Å². The third kappa shape index (κ3) is 6.90. The Bertz CT molecular complexity index is 457. The SMILES string of the molecule is O=C(O)CCCCC(=O)CC[C@H]1[C@H](O)CC(=O)[C@H]1CCC(=O)O. The molecule has 0 unspecified atom stereocenters. The Morgan fingerprint density at radius 2 is 1.52 bits per heavy atom. The third-order valence-corrected chi connectivity index (χ3v) is 4.36. The van der Waals surface area contributed by atoms with Crippen LogP contribution in [0.4, 0.5) is 0 Å². The average Bonchev–Trinajstić information content (AvgIpc) is 2.72. The fourth-order valence-electron chi connectivity index (χ4n) is 3.11. The molecule has 1 saturated carbocycles. The van der Waals surface area contributed by atoms with Crippen molar-refractivity contribution in [3.05, 3.63) is 0 Å². The minimum atomic E-state index is -0.979. The molecule has 7 nitrogen and oxygen atoms in total. The van der Waals surface area contributed by atoms with Gasteiger partial charge in [-0.05, 0) is 31.6 Å². The molecule has 0 aromatic rings. The second kappa shape index (κ2) is 9.39. The summed E-state index contributed by atoms with van der Waals surface area (Å²) in [6.45, 7) is 0. The van der Waals surface area contributed by atoms with Crippen LogP contribution in [0.25, 0.3) is 0 Å². The van der Waals surface area contributed by atoms with Crippen molar-refractivity contribution in [3.8, 4) is 0 Å². The van der Waals surface area contributed by atoms with Gasteiger partial charge in [-0.3, -0.25) is 19.2 Å². The predicted molar refractivity (Wildman–Crippen MR) is 79.8 cm³/mol. The van der Waals surface area contributed by atoms with E-state index in [1.54, 1.807) is 0 Å². The summed E-state index contributed by atoms with van der Waals surface area (Å²) in [6.07, 6.45) is 1.20. The Labute approximate surface area is 134 Å². The van der Waals surface area contributed by atoms with Gasteiger partial charge in [-0.25, -0.2) is 0 Å². The fourth-order valence-corrected chi connectivity index (χ4v) is 3.11. The summed E-state index contributed by atoms with van der Waals surface area (Å²) in [5, 5.41) is 27.2. The number of aliphatic hydroxyl groups is 1. The maximum Gasteiger partial charge on any atom is 0.303 e. The van der Waals surface area contributed by atoms with Crippen LogP contribution in [0.5, 0.6) is 0 Å². The van der Waals surface area contributed by atoms with Crippen molar-refractivity contribution in [1.82, 2.24) is 0 Å². The highest BCUT2D eigenvalue weighted by molar-refractivity contribution is 5.85. The molecule has 1 rings (SSSR count). The van der Waals surface area contributed by atoms with E-state index in [-0.39, 0.29) is 49.6 Å². The molecule has 0 amide bonds. The minimum absolute atomic E-state index is 0.0149. The van der Waals surface area contributed by atoms with Crippen LogP contribution in [-0.2, 0) is 19.2 Å². The number of carboxylic acid groups (broad SMARTS) is 2. The molecule has 0 heterocycles. The summed E-state index contributed by atoms with van der Waals surface area (Å²) in [7, 11) is 0. The van der Waals surface area contributed by atoms with Gasteiger partial charge in [-0.2, -0.15) is 0 Å². The van der Waals surface area contributed by atoms with Crippen molar-refractivity contribution in [1.29, 1.82) is 0 Å². The van der Waals surface area contributed by atoms with Gasteiger partial charge in [0.2, 0.25) is 0 Å². The second-order valence-corrected chi connectivity index (χ2v) is 6.12. The van der Waals surface area contributed by atoms with Crippen molar-refractivity contribution < 1.29 is 34.5 Å². The highest BCUT2D eigenvalue weighted by Gasteiger charge is 2.41. The zero-order valence-electron chi connectivity index (χ0n) is 13.1. The number of rotatable bonds is 11. The van der Waals surface area contributed by atoms with E-state index < -0.39 is 24.0 Å². The van der Waals surface area contributed by atoms with Crippen molar-refractivity contribution in [2.45, 2.75) is 63.9 Å². The highest BCUT2D eigenvalue weighted by atomic mass is 16.4. The van der Waals surface area contributed by atoms with Crippen LogP contribution in [0.2, 0.25) is 0 Å². The molecular formula is C16H24O7. The van der Waals surface area contributed by atoms with E-state index in [0.717, 1.165) is 0 Å². The van der Waals surface area contributed by atoms with Gasteiger partial charge in [0.15, 0.2) is 0 Å². The zero-order valence-corrected chi connectivity index (χ0v) is 13.1. The number of aliphatic carboxylic acids is 2. The molecule has 0 bridgehead atoms. The summed E-state index contributed by atoms with van der Waals surface area (Å²) in [6, 6.07) is 0. The summed E-state index contributed by atoms with van der Waals surface area (Å²) < 4.78 is 0. The van der Waals surface area contributed by atoms with Crippen LogP contribution in [0.1, 0.15) is 57.8 Å². The molecule has 1 fully saturated rings. The van der Waals surface area contributed by atoms with Gasteiger partial charge in [0.25, 0.3) is 0 Å². The number of unbranched alkanes of at least 4 members (excludes halogenated alkanes) is 1. The maximum atomic E-state index is 11.8. The Morgan fingerprint density at radius 1 is 0.913 bits per heavy atom. The molecule has 7 heteroatoms. The largest absolute Gasteiger partial charge is 0.481 e. The van der Waals surface area contributed by atoms with Gasteiger partial charge in [0.1, 0.15) is 11.6 Å². The van der Waals surface area contributed by atoms with Crippen LogP contribution in [0.3, 0.4) is 0 Å². The molecule has 1 aliphatic rings. The van der Waals surface area contributed by atoms with Crippen molar-refractivity contribution in [2.24, 2.45) is 11.8 Å². The first-order valence-corrected chi connectivity index (χ1v) is 7.97. The first kappa shape index (κ1) is 19.3. The quantitative estimate of drug-likeness (QED) is 0.489. The predicted octanol–water partition coefficient (Wildman–Crippen LogP) is 1.41. The summed E-state index contributed by atoms with van der Waals surface area (Å²) >= 11 is 0. The van der Waals surface area contributed by atoms with Gasteiger partial charge in [0, 0.05) is 38.0 Å². The van der Waals surface area contributed by atoms with E-state index in [1.807, 2.05) is 0 Å². The molecule has 0 aliphatic heterocycles. The standard InChI is InChI=1S/C16H24O7/c17-10(3-1-2-4-15(20)21)5-6-11-12(7-8-16(22)23)14(19)9-13(11)18/h11-13,18H,1-9H2,(H,20,21)(H,22,23)/t11-,12+,13-/m1/s1. The van der Waals surface area contributed by atoms with E-state index in [4.69, 9.17) is 10.2 Å². The van der Waals surface area contributed by atoms with Crippen LogP contribution in [0, 0.1) is 11.8 Å². The van der Waals surface area contributed by atoms with Crippen molar-refractivity contribution in [2.75, 3.05) is 0 Å². The van der Waals surface area contributed by atoms with Gasteiger partial charge in [-0.15, -0.1) is 0 Å². The Morgan fingerprint density at radius 3 is 2.13 bits per heavy atom. The van der Waals surface area contributed by atoms with E-state index in [2.05, 4.69) is 0 Å². The lowest BCUT2D eigenvalue weighted by Gasteiger charge is -2.20. The second-order valence-electron chi connectivity index (χ2n) is 6.12. The van der Waals surface area contributed by atoms with E-state index in [0.29, 0.717) is 25.7 Å². The molecule has 0 saturated heterocycles. The number of carbonyl (C=O) groups excluding carboxylic acids is 2. The molecule has 0 aromatic heterocycles. The lowest BCUT2D eigenvalue weighted by Crippen LogP contribution is -2.22. The van der Waals surface area contributed by atoms with Crippen LogP contribution in [-0.4, -0.2) is 44.9 Å². The van der Waals surface area contributed by atoms with Gasteiger partial charge in [-0.1, -0.05) is 0 Å². The minimum Gasteiger partial charge on any atom is -0.481 e. The number of hydrogen-bond acceptors (Lipinski definition) is 5. The Hall–Kier alpha value is -1.76. The summed E-state index contributed by atoms with van der Waals surface area (Å²) in [5.41, 5.74) is 0. The fraction of sp³-hybridized carbons (Fsp3) is 0.750. The molecule has 1 aliphatic carbocycles. The smallest absolute Gasteiger partial charge is 0.303 e. The topological polar surface area (TPSA) is 129 Å². The summed E-state index contributed by atoms with van der Waals surface area (Å²) in [5.74, 6) is -2.85. The van der Waals surface area contributed by atoms with Crippen LogP contribution < -0.4 is 0 Å². The van der Waals surface area contributed by atoms with Gasteiger partial charge < -0.3 is 15.3 Å². The van der Waals surface area contributed by atoms with Crippen LogP contribution in [0.15, 0.2) is 0 Å². The number of carboxylic acids is 2. The van der Waals surface area contributed by atoms with Gasteiger partial charge >= 0.3 is 11.9 Å². The highest BCUT2D eigenvalue weighted by Crippen LogP contribution is 2.35. The molecule has 0 aromatic carbocycles. The summed E-state index contributed by atoms with van der Waals surface area (Å²) in [4.78, 5) is 44.6. The maximum absolute atomic E-state index is 11.8. The molecular weight excluding hydrogens is 304 g/mol. The first-order valence-electron chi connectivity index (χ1n) is 7.97. The molecule has 23 heavy (non-hydrogen) atoms. The molecule has 130 valence electrons. The normalized spacial score (nSPS) is 23.9. The first-order chi connectivity index (χ1) is 10.8. The Kier molecular flexibility index (Phi) is 7.88. The van der Waals surface area contributed by atoms with Crippen LogP contribution >= 0.6 is 0 Å². The lowest BCUT2D eigenvalue weighted by molar-refractivity contribution is -0.138. The number of ketones is 2. The lowest BCUT2D eigenvalue weighted by atomic mass is 9.85. The molecule has 3 atom stereocenters. The number of carbonyl (C=O) groups is 4.